The van der Waals surface area contributed by atoms with Gasteiger partial charge in [0.15, 0.2) is 0 Å². The molecule has 24 heavy (non-hydrogen) atoms. The first-order chi connectivity index (χ1) is 11.6. The van der Waals surface area contributed by atoms with E-state index < -0.39 is 11.9 Å². The van der Waals surface area contributed by atoms with E-state index in [9.17, 15) is 9.90 Å². The van der Waals surface area contributed by atoms with Crippen LogP contribution in [0.5, 0.6) is 17.2 Å². The van der Waals surface area contributed by atoms with Gasteiger partial charge in [-0.1, -0.05) is 18.2 Å². The molecule has 0 aliphatic rings. The molecule has 2 rings (SSSR count). The van der Waals surface area contributed by atoms with Gasteiger partial charge in [-0.2, -0.15) is 0 Å². The van der Waals surface area contributed by atoms with Gasteiger partial charge in [-0.15, -0.1) is 0 Å². The fourth-order valence-corrected chi connectivity index (χ4v) is 2.55. The SMILES string of the molecule is CCOc1ccc(C(Cc2ccc(OC)cc2OC)C(=O)O)cc1. The van der Waals surface area contributed by atoms with Gasteiger partial charge in [-0.3, -0.25) is 4.79 Å². The molecule has 0 aromatic heterocycles. The van der Waals surface area contributed by atoms with Crippen molar-refractivity contribution < 1.29 is 24.1 Å². The van der Waals surface area contributed by atoms with Crippen LogP contribution >= 0.6 is 0 Å². The van der Waals surface area contributed by atoms with E-state index in [-0.39, 0.29) is 0 Å². The van der Waals surface area contributed by atoms with Crippen molar-refractivity contribution in [3.05, 3.63) is 53.6 Å². The standard InChI is InChI=1S/C19H22O5/c1-4-24-15-8-5-13(6-9-15)17(19(20)21)11-14-7-10-16(22-2)12-18(14)23-3/h5-10,12,17H,4,11H2,1-3H3,(H,20,21). The smallest absolute Gasteiger partial charge is 0.311 e. The molecule has 0 amide bonds. The molecule has 2 aromatic carbocycles. The summed E-state index contributed by atoms with van der Waals surface area (Å²) in [6.45, 7) is 2.48. The van der Waals surface area contributed by atoms with Crippen LogP contribution in [-0.2, 0) is 11.2 Å². The van der Waals surface area contributed by atoms with Crippen molar-refractivity contribution in [2.45, 2.75) is 19.3 Å². The van der Waals surface area contributed by atoms with Crippen molar-refractivity contribution in [3.63, 3.8) is 0 Å². The van der Waals surface area contributed by atoms with Gasteiger partial charge in [0.25, 0.3) is 0 Å². The Morgan fingerprint density at radius 3 is 2.25 bits per heavy atom. The first-order valence-corrected chi connectivity index (χ1v) is 7.75. The van der Waals surface area contributed by atoms with Crippen molar-refractivity contribution in [2.75, 3.05) is 20.8 Å². The first-order valence-electron chi connectivity index (χ1n) is 7.75. The van der Waals surface area contributed by atoms with Crippen molar-refractivity contribution >= 4 is 5.97 Å². The molecule has 0 bridgehead atoms. The summed E-state index contributed by atoms with van der Waals surface area (Å²) in [6, 6.07) is 12.6. The largest absolute Gasteiger partial charge is 0.497 e. The third-order valence-corrected chi connectivity index (χ3v) is 3.81. The first kappa shape index (κ1) is 17.7. The van der Waals surface area contributed by atoms with E-state index in [1.807, 2.05) is 13.0 Å². The summed E-state index contributed by atoms with van der Waals surface area (Å²) in [5, 5.41) is 9.63. The van der Waals surface area contributed by atoms with Crippen molar-refractivity contribution in [1.29, 1.82) is 0 Å². The van der Waals surface area contributed by atoms with E-state index in [1.165, 1.54) is 0 Å². The Morgan fingerprint density at radius 1 is 1.04 bits per heavy atom. The summed E-state index contributed by atoms with van der Waals surface area (Å²) in [7, 11) is 3.14. The number of carbonyl (C=O) groups is 1. The molecule has 1 N–H and O–H groups in total. The van der Waals surface area contributed by atoms with Crippen LogP contribution in [0, 0.1) is 0 Å². The molecule has 1 atom stereocenters. The molecule has 0 radical (unpaired) electrons. The molecule has 0 aliphatic heterocycles. The Kier molecular flexibility index (Phi) is 6.07. The molecular weight excluding hydrogens is 308 g/mol. The number of benzene rings is 2. The van der Waals surface area contributed by atoms with Crippen LogP contribution in [0.2, 0.25) is 0 Å². The second kappa shape index (κ2) is 8.24. The van der Waals surface area contributed by atoms with Crippen molar-refractivity contribution in [2.24, 2.45) is 0 Å². The summed E-state index contributed by atoms with van der Waals surface area (Å²) >= 11 is 0. The molecule has 2 aromatic rings. The molecule has 0 saturated heterocycles. The van der Waals surface area contributed by atoms with Gasteiger partial charge in [-0.25, -0.2) is 0 Å². The minimum absolute atomic E-state index is 0.330. The second-order valence-corrected chi connectivity index (χ2v) is 5.27. The third-order valence-electron chi connectivity index (χ3n) is 3.81. The van der Waals surface area contributed by atoms with Crippen LogP contribution < -0.4 is 14.2 Å². The fraction of sp³-hybridized carbons (Fsp3) is 0.316. The van der Waals surface area contributed by atoms with E-state index in [0.29, 0.717) is 24.5 Å². The zero-order chi connectivity index (χ0) is 17.5. The Bertz CT molecular complexity index is 679. The zero-order valence-electron chi connectivity index (χ0n) is 14.1. The number of methoxy groups -OCH3 is 2. The predicted molar refractivity (Wildman–Crippen MR) is 91.2 cm³/mol. The van der Waals surface area contributed by atoms with Crippen LogP contribution in [0.1, 0.15) is 24.0 Å². The quantitative estimate of drug-likeness (QED) is 0.802. The van der Waals surface area contributed by atoms with Gasteiger partial charge in [-0.05, 0) is 42.7 Å². The molecule has 0 heterocycles. The van der Waals surface area contributed by atoms with Crippen LogP contribution in [0.25, 0.3) is 0 Å². The highest BCUT2D eigenvalue weighted by molar-refractivity contribution is 5.76. The summed E-state index contributed by atoms with van der Waals surface area (Å²) in [4.78, 5) is 11.7. The topological polar surface area (TPSA) is 65.0 Å². The van der Waals surface area contributed by atoms with E-state index in [0.717, 1.165) is 16.9 Å². The normalized spacial score (nSPS) is 11.6. The molecular formula is C19H22O5. The van der Waals surface area contributed by atoms with Crippen LogP contribution in [-0.4, -0.2) is 31.9 Å². The number of hydrogen-bond donors (Lipinski definition) is 1. The van der Waals surface area contributed by atoms with E-state index in [1.54, 1.807) is 50.6 Å². The van der Waals surface area contributed by atoms with Gasteiger partial charge in [0.05, 0.1) is 26.7 Å². The molecule has 0 aliphatic carbocycles. The lowest BCUT2D eigenvalue weighted by Crippen LogP contribution is -2.15. The minimum Gasteiger partial charge on any atom is -0.497 e. The monoisotopic (exact) mass is 330 g/mol. The summed E-state index contributed by atoms with van der Waals surface area (Å²) in [5.74, 6) is 0.475. The molecule has 1 unspecified atom stereocenters. The Balaban J connectivity index is 2.27. The van der Waals surface area contributed by atoms with Gasteiger partial charge < -0.3 is 19.3 Å². The van der Waals surface area contributed by atoms with E-state index in [2.05, 4.69) is 0 Å². The molecule has 0 spiro atoms. The Hall–Kier alpha value is -2.69. The highest BCUT2D eigenvalue weighted by Crippen LogP contribution is 2.30. The Morgan fingerprint density at radius 2 is 1.71 bits per heavy atom. The predicted octanol–water partition coefficient (Wildman–Crippen LogP) is 3.51. The maximum absolute atomic E-state index is 11.7. The number of hydrogen-bond acceptors (Lipinski definition) is 4. The molecule has 5 heteroatoms. The van der Waals surface area contributed by atoms with E-state index >= 15 is 0 Å². The third kappa shape index (κ3) is 4.19. The van der Waals surface area contributed by atoms with Gasteiger partial charge in [0, 0.05) is 6.07 Å². The zero-order valence-corrected chi connectivity index (χ0v) is 14.1. The lowest BCUT2D eigenvalue weighted by molar-refractivity contribution is -0.138. The molecule has 5 nitrogen and oxygen atoms in total. The highest BCUT2D eigenvalue weighted by Gasteiger charge is 2.22. The van der Waals surface area contributed by atoms with Crippen molar-refractivity contribution in [1.82, 2.24) is 0 Å². The molecule has 0 fully saturated rings. The van der Waals surface area contributed by atoms with Gasteiger partial charge >= 0.3 is 5.97 Å². The average Bonchev–Trinajstić information content (AvgIpc) is 2.60. The lowest BCUT2D eigenvalue weighted by atomic mass is 9.91. The number of aliphatic carboxylic acids is 1. The van der Waals surface area contributed by atoms with Gasteiger partial charge in [0.1, 0.15) is 17.2 Å². The lowest BCUT2D eigenvalue weighted by Gasteiger charge is -2.16. The van der Waals surface area contributed by atoms with Crippen molar-refractivity contribution in [3.8, 4) is 17.2 Å². The maximum atomic E-state index is 11.7. The molecule has 0 saturated carbocycles. The number of ether oxygens (including phenoxy) is 3. The number of carboxylic acid groups (broad SMARTS) is 1. The number of carboxylic acids is 1. The minimum atomic E-state index is -0.878. The Labute approximate surface area is 141 Å². The van der Waals surface area contributed by atoms with Gasteiger partial charge in [0.2, 0.25) is 0 Å². The average molecular weight is 330 g/mol. The summed E-state index contributed by atoms with van der Waals surface area (Å²) < 4.78 is 15.9. The summed E-state index contributed by atoms with van der Waals surface area (Å²) in [6.07, 6.45) is 0.330. The van der Waals surface area contributed by atoms with Crippen LogP contribution in [0.15, 0.2) is 42.5 Å². The summed E-state index contributed by atoms with van der Waals surface area (Å²) in [5.41, 5.74) is 1.54. The van der Waals surface area contributed by atoms with Crippen LogP contribution in [0.3, 0.4) is 0 Å². The van der Waals surface area contributed by atoms with Crippen LogP contribution in [0.4, 0.5) is 0 Å². The van der Waals surface area contributed by atoms with E-state index in [4.69, 9.17) is 14.2 Å². The maximum Gasteiger partial charge on any atom is 0.311 e. The fourth-order valence-electron chi connectivity index (χ4n) is 2.55. The molecule has 128 valence electrons. The highest BCUT2D eigenvalue weighted by atomic mass is 16.5. The second-order valence-electron chi connectivity index (χ2n) is 5.27. The number of rotatable bonds is 8.